The number of hydrogen-bond donors (Lipinski definition) is 2. The third-order valence-corrected chi connectivity index (χ3v) is 2.66. The largest absolute Gasteiger partial charge is 0.506 e. The minimum Gasteiger partial charge on any atom is -0.506 e. The van der Waals surface area contributed by atoms with Crippen molar-refractivity contribution in [1.82, 2.24) is 5.06 Å². The topological polar surface area (TPSA) is 71.7 Å². The fraction of sp³-hybridized carbons (Fsp3) is 0.231. The Morgan fingerprint density at radius 3 is 2.68 bits per heavy atom. The second kappa shape index (κ2) is 5.53. The molecule has 1 aliphatic heterocycles. The molecule has 1 aromatic carbocycles. The van der Waals surface area contributed by atoms with Crippen LogP contribution in [0.4, 0.5) is 11.4 Å². The third-order valence-electron chi connectivity index (χ3n) is 2.66. The summed E-state index contributed by atoms with van der Waals surface area (Å²) in [5.41, 5.74) is 1.24. The van der Waals surface area contributed by atoms with Crippen molar-refractivity contribution >= 4 is 11.4 Å². The molecule has 6 heteroatoms. The molecule has 6 nitrogen and oxygen atoms in total. The second-order valence-electron chi connectivity index (χ2n) is 4.30. The third kappa shape index (κ3) is 3.11. The van der Waals surface area contributed by atoms with Gasteiger partial charge in [0.05, 0.1) is 0 Å². The van der Waals surface area contributed by atoms with Crippen LogP contribution in [-0.4, -0.2) is 35.6 Å². The van der Waals surface area contributed by atoms with Gasteiger partial charge in [0.1, 0.15) is 11.4 Å². The predicted molar refractivity (Wildman–Crippen MR) is 72.6 cm³/mol. The van der Waals surface area contributed by atoms with Gasteiger partial charge in [-0.15, -0.1) is 5.11 Å². The highest BCUT2D eigenvalue weighted by atomic mass is 16.5. The van der Waals surface area contributed by atoms with Gasteiger partial charge in [0.2, 0.25) is 0 Å². The zero-order valence-electron chi connectivity index (χ0n) is 10.8. The maximum Gasteiger partial charge on any atom is 0.184 e. The molecule has 0 saturated carbocycles. The summed E-state index contributed by atoms with van der Waals surface area (Å²) < 4.78 is 0. The lowest BCUT2D eigenvalue weighted by Crippen LogP contribution is -2.24. The first-order valence-electron chi connectivity index (χ1n) is 5.81. The average molecular weight is 260 g/mol. The summed E-state index contributed by atoms with van der Waals surface area (Å²) in [5, 5.41) is 28.2. The first-order valence-corrected chi connectivity index (χ1v) is 5.81. The lowest BCUT2D eigenvalue weighted by molar-refractivity contribution is -0.0647. The van der Waals surface area contributed by atoms with Crippen molar-refractivity contribution in [2.24, 2.45) is 10.2 Å². The molecule has 2 rings (SSSR count). The van der Waals surface area contributed by atoms with Crippen molar-refractivity contribution in [1.29, 1.82) is 0 Å². The number of nitrogens with zero attached hydrogens (tertiary/aromatic N) is 4. The average Bonchev–Trinajstić information content (AvgIpc) is 2.39. The zero-order chi connectivity index (χ0) is 13.8. The number of rotatable bonds is 3. The van der Waals surface area contributed by atoms with Gasteiger partial charge in [0.15, 0.2) is 6.17 Å². The van der Waals surface area contributed by atoms with E-state index in [0.717, 1.165) is 10.8 Å². The Hall–Kier alpha value is -2.34. The number of benzene rings is 1. The van der Waals surface area contributed by atoms with Crippen LogP contribution in [0.2, 0.25) is 0 Å². The Labute approximate surface area is 111 Å². The monoisotopic (exact) mass is 260 g/mol. The van der Waals surface area contributed by atoms with E-state index in [1.807, 2.05) is 25.1 Å². The molecule has 19 heavy (non-hydrogen) atoms. The number of aromatic hydroxyl groups is 1. The van der Waals surface area contributed by atoms with Gasteiger partial charge in [-0.05, 0) is 24.3 Å². The number of allylic oxidation sites excluding steroid dienone is 2. The molecule has 0 radical (unpaired) electrons. The van der Waals surface area contributed by atoms with Gasteiger partial charge in [0, 0.05) is 32.0 Å². The Morgan fingerprint density at radius 1 is 1.26 bits per heavy atom. The number of phenols is 1. The van der Waals surface area contributed by atoms with Crippen molar-refractivity contribution in [3.63, 3.8) is 0 Å². The van der Waals surface area contributed by atoms with E-state index in [9.17, 15) is 10.3 Å². The van der Waals surface area contributed by atoms with E-state index in [4.69, 9.17) is 0 Å². The molecule has 0 saturated heterocycles. The Morgan fingerprint density at radius 2 is 2.05 bits per heavy atom. The highest BCUT2D eigenvalue weighted by Gasteiger charge is 2.11. The molecule has 100 valence electrons. The summed E-state index contributed by atoms with van der Waals surface area (Å²) >= 11 is 0. The van der Waals surface area contributed by atoms with Crippen LogP contribution in [0.5, 0.6) is 5.75 Å². The van der Waals surface area contributed by atoms with Crippen LogP contribution in [0.25, 0.3) is 0 Å². The van der Waals surface area contributed by atoms with Crippen LogP contribution < -0.4 is 4.90 Å². The van der Waals surface area contributed by atoms with E-state index in [1.54, 1.807) is 30.4 Å². The van der Waals surface area contributed by atoms with E-state index in [-0.39, 0.29) is 5.75 Å². The van der Waals surface area contributed by atoms with Crippen LogP contribution >= 0.6 is 0 Å². The number of phenolic OH excluding ortho intramolecular Hbond substituents is 1. The van der Waals surface area contributed by atoms with E-state index < -0.39 is 6.17 Å². The molecule has 1 aliphatic rings. The van der Waals surface area contributed by atoms with Crippen molar-refractivity contribution < 1.29 is 10.3 Å². The summed E-state index contributed by atoms with van der Waals surface area (Å²) in [7, 11) is 3.78. The van der Waals surface area contributed by atoms with Gasteiger partial charge in [-0.25, -0.2) is 5.06 Å². The molecule has 0 amide bonds. The van der Waals surface area contributed by atoms with E-state index in [1.165, 1.54) is 6.20 Å². The Bertz CT molecular complexity index is 537. The lowest BCUT2D eigenvalue weighted by Gasteiger charge is -2.18. The van der Waals surface area contributed by atoms with Crippen molar-refractivity contribution in [2.45, 2.75) is 6.17 Å². The van der Waals surface area contributed by atoms with Crippen LogP contribution in [0, 0.1) is 0 Å². The van der Waals surface area contributed by atoms with Gasteiger partial charge in [-0.1, -0.05) is 6.08 Å². The molecule has 1 aromatic rings. The fourth-order valence-corrected chi connectivity index (χ4v) is 1.57. The smallest absolute Gasteiger partial charge is 0.184 e. The maximum absolute atomic E-state index is 9.85. The molecule has 0 bridgehead atoms. The quantitative estimate of drug-likeness (QED) is 0.819. The lowest BCUT2D eigenvalue weighted by atomic mass is 10.2. The second-order valence-corrected chi connectivity index (χ2v) is 4.30. The zero-order valence-corrected chi connectivity index (χ0v) is 10.8. The molecule has 2 N–H and O–H groups in total. The highest BCUT2D eigenvalue weighted by Crippen LogP contribution is 2.31. The molecule has 1 heterocycles. The fourth-order valence-electron chi connectivity index (χ4n) is 1.57. The van der Waals surface area contributed by atoms with E-state index >= 15 is 0 Å². The van der Waals surface area contributed by atoms with E-state index in [0.29, 0.717) is 5.69 Å². The normalized spacial score (nSPS) is 18.3. The van der Waals surface area contributed by atoms with Crippen LogP contribution in [-0.2, 0) is 0 Å². The summed E-state index contributed by atoms with van der Waals surface area (Å²) in [6.45, 7) is 0. The number of hydrogen-bond acceptors (Lipinski definition) is 6. The van der Waals surface area contributed by atoms with Crippen molar-refractivity contribution in [3.05, 3.63) is 42.6 Å². The first-order chi connectivity index (χ1) is 9.08. The SMILES string of the molecule is CN(C)c1ccc(N=NC2C=CC=CN2O)c(O)c1. The van der Waals surface area contributed by atoms with Crippen LogP contribution in [0.15, 0.2) is 52.9 Å². The minimum atomic E-state index is -0.571. The van der Waals surface area contributed by atoms with Gasteiger partial charge >= 0.3 is 0 Å². The number of anilines is 1. The standard InChI is InChI=1S/C13H16N4O2/c1-16(2)10-6-7-11(12(18)9-10)14-15-13-5-3-4-8-17(13)19/h3-9,13,18-19H,1-2H3. The van der Waals surface area contributed by atoms with Gasteiger partial charge in [-0.3, -0.25) is 5.21 Å². The van der Waals surface area contributed by atoms with Gasteiger partial charge in [0.25, 0.3) is 0 Å². The maximum atomic E-state index is 9.85. The van der Waals surface area contributed by atoms with Gasteiger partial charge < -0.3 is 10.0 Å². The van der Waals surface area contributed by atoms with Gasteiger partial charge in [-0.2, -0.15) is 5.11 Å². The summed E-state index contributed by atoms with van der Waals surface area (Å²) in [4.78, 5) is 1.88. The molecule has 1 unspecified atom stereocenters. The molecule has 0 fully saturated rings. The Balaban J connectivity index is 2.15. The molecule has 0 aliphatic carbocycles. The van der Waals surface area contributed by atoms with Crippen molar-refractivity contribution in [3.8, 4) is 5.75 Å². The molecule has 0 aromatic heterocycles. The molecular weight excluding hydrogens is 244 g/mol. The molecule has 0 spiro atoms. The molecular formula is C13H16N4O2. The minimum absolute atomic E-state index is 0.0507. The summed E-state index contributed by atoms with van der Waals surface area (Å²) in [5.74, 6) is 0.0507. The summed E-state index contributed by atoms with van der Waals surface area (Å²) in [6, 6.07) is 5.13. The van der Waals surface area contributed by atoms with Crippen LogP contribution in [0.3, 0.4) is 0 Å². The van der Waals surface area contributed by atoms with Crippen LogP contribution in [0.1, 0.15) is 0 Å². The molecule has 1 atom stereocenters. The first kappa shape index (κ1) is 13.1. The van der Waals surface area contributed by atoms with Crippen molar-refractivity contribution in [2.75, 3.05) is 19.0 Å². The summed E-state index contributed by atoms with van der Waals surface area (Å²) in [6.07, 6.45) is 6.06. The number of azo groups is 1. The number of hydroxylamine groups is 2. The Kier molecular flexibility index (Phi) is 3.82. The predicted octanol–water partition coefficient (Wildman–Crippen LogP) is 2.64. The van der Waals surface area contributed by atoms with E-state index in [2.05, 4.69) is 10.2 Å². The highest BCUT2D eigenvalue weighted by molar-refractivity contribution is 5.60.